The standard InChI is InChI=1S/C16H15BrN4O2S/c1-9(2)15-20-21-16(24-15)19-14(22)11(8-18)6-10-7-12(17)4-5-13(10)23-3/h4-7,9H,1-3H3,(H,19,21,22)/b11-6-. The third-order valence-electron chi connectivity index (χ3n) is 3.01. The van der Waals surface area contributed by atoms with Gasteiger partial charge in [-0.3, -0.25) is 10.1 Å². The van der Waals surface area contributed by atoms with E-state index in [1.165, 1.54) is 24.5 Å². The van der Waals surface area contributed by atoms with Crippen LogP contribution in [0.4, 0.5) is 5.13 Å². The molecular formula is C16H15BrN4O2S. The van der Waals surface area contributed by atoms with Crippen LogP contribution in [0.15, 0.2) is 28.2 Å². The van der Waals surface area contributed by atoms with Gasteiger partial charge in [-0.15, -0.1) is 10.2 Å². The van der Waals surface area contributed by atoms with Gasteiger partial charge >= 0.3 is 0 Å². The predicted molar refractivity (Wildman–Crippen MR) is 96.9 cm³/mol. The van der Waals surface area contributed by atoms with Gasteiger partial charge in [-0.2, -0.15) is 5.26 Å². The van der Waals surface area contributed by atoms with Crippen LogP contribution in [0.2, 0.25) is 0 Å². The van der Waals surface area contributed by atoms with Crippen molar-refractivity contribution in [2.75, 3.05) is 12.4 Å². The zero-order valence-corrected chi connectivity index (χ0v) is 15.7. The van der Waals surface area contributed by atoms with Crippen LogP contribution in [-0.2, 0) is 4.79 Å². The van der Waals surface area contributed by atoms with Crippen molar-refractivity contribution < 1.29 is 9.53 Å². The second-order valence-corrected chi connectivity index (χ2v) is 7.04. The molecule has 0 fully saturated rings. The van der Waals surface area contributed by atoms with Gasteiger partial charge in [-0.1, -0.05) is 41.1 Å². The van der Waals surface area contributed by atoms with Crippen LogP contribution >= 0.6 is 27.3 Å². The molecule has 124 valence electrons. The van der Waals surface area contributed by atoms with E-state index in [4.69, 9.17) is 4.74 Å². The fourth-order valence-corrected chi connectivity index (χ4v) is 2.92. The molecule has 0 bridgehead atoms. The largest absolute Gasteiger partial charge is 0.496 e. The van der Waals surface area contributed by atoms with E-state index in [2.05, 4.69) is 31.4 Å². The van der Waals surface area contributed by atoms with Crippen molar-refractivity contribution in [3.63, 3.8) is 0 Å². The lowest BCUT2D eigenvalue weighted by molar-refractivity contribution is -0.112. The summed E-state index contributed by atoms with van der Waals surface area (Å²) in [5, 5.41) is 21.0. The SMILES string of the molecule is COc1ccc(Br)cc1/C=C(/C#N)C(=O)Nc1nnc(C(C)C)s1. The molecule has 0 unspecified atom stereocenters. The van der Waals surface area contributed by atoms with E-state index in [9.17, 15) is 10.1 Å². The summed E-state index contributed by atoms with van der Waals surface area (Å²) in [4.78, 5) is 12.3. The second kappa shape index (κ2) is 8.04. The number of aromatic nitrogens is 2. The Morgan fingerprint density at radius 3 is 2.79 bits per heavy atom. The Morgan fingerprint density at radius 2 is 2.21 bits per heavy atom. The molecule has 1 aromatic carbocycles. The lowest BCUT2D eigenvalue weighted by atomic mass is 10.1. The smallest absolute Gasteiger partial charge is 0.268 e. The average Bonchev–Trinajstić information content (AvgIpc) is 3.01. The minimum atomic E-state index is -0.536. The van der Waals surface area contributed by atoms with Crippen molar-refractivity contribution in [3.05, 3.63) is 38.8 Å². The van der Waals surface area contributed by atoms with E-state index in [1.54, 1.807) is 12.1 Å². The van der Waals surface area contributed by atoms with Crippen LogP contribution in [0.5, 0.6) is 5.75 Å². The molecule has 2 aromatic rings. The number of rotatable bonds is 5. The highest BCUT2D eigenvalue weighted by Gasteiger charge is 2.15. The summed E-state index contributed by atoms with van der Waals surface area (Å²) in [5.74, 6) is 0.257. The highest BCUT2D eigenvalue weighted by Crippen LogP contribution is 2.26. The number of ether oxygens (including phenoxy) is 1. The molecule has 0 aliphatic carbocycles. The number of anilines is 1. The number of halogens is 1. The molecule has 2 rings (SSSR count). The maximum Gasteiger partial charge on any atom is 0.268 e. The van der Waals surface area contributed by atoms with Crippen molar-refractivity contribution >= 4 is 44.4 Å². The first kappa shape index (κ1) is 18.1. The third-order valence-corrected chi connectivity index (χ3v) is 4.64. The zero-order chi connectivity index (χ0) is 17.7. The highest BCUT2D eigenvalue weighted by atomic mass is 79.9. The summed E-state index contributed by atoms with van der Waals surface area (Å²) in [5.41, 5.74) is 0.575. The van der Waals surface area contributed by atoms with E-state index in [1.807, 2.05) is 26.0 Å². The number of carbonyl (C=O) groups excluding carboxylic acids is 1. The molecule has 0 aliphatic rings. The molecule has 8 heteroatoms. The van der Waals surface area contributed by atoms with Gasteiger partial charge in [0.1, 0.15) is 22.4 Å². The molecule has 1 heterocycles. The van der Waals surface area contributed by atoms with Crippen molar-refractivity contribution in [2.24, 2.45) is 0 Å². The number of nitriles is 1. The summed E-state index contributed by atoms with van der Waals surface area (Å²) < 4.78 is 6.06. The van der Waals surface area contributed by atoms with Gasteiger partial charge in [-0.25, -0.2) is 0 Å². The van der Waals surface area contributed by atoms with E-state index < -0.39 is 5.91 Å². The zero-order valence-electron chi connectivity index (χ0n) is 13.3. The molecule has 0 aliphatic heterocycles. The summed E-state index contributed by atoms with van der Waals surface area (Å²) >= 11 is 4.65. The lowest BCUT2D eigenvalue weighted by Crippen LogP contribution is -2.13. The first-order chi connectivity index (χ1) is 11.4. The summed E-state index contributed by atoms with van der Waals surface area (Å²) in [6, 6.07) is 7.24. The quantitative estimate of drug-likeness (QED) is 0.599. The van der Waals surface area contributed by atoms with Crippen molar-refractivity contribution in [1.82, 2.24) is 10.2 Å². The van der Waals surface area contributed by atoms with Gasteiger partial charge in [0.05, 0.1) is 7.11 Å². The Hall–Kier alpha value is -2.24. The lowest BCUT2D eigenvalue weighted by Gasteiger charge is -2.06. The maximum absolute atomic E-state index is 12.3. The normalized spacial score (nSPS) is 11.2. The third kappa shape index (κ3) is 4.40. The van der Waals surface area contributed by atoms with Crippen LogP contribution in [0, 0.1) is 11.3 Å². The van der Waals surface area contributed by atoms with Crippen LogP contribution in [0.3, 0.4) is 0 Å². The minimum absolute atomic E-state index is 0.0484. The number of benzene rings is 1. The molecule has 0 saturated heterocycles. The van der Waals surface area contributed by atoms with E-state index >= 15 is 0 Å². The number of hydrogen-bond donors (Lipinski definition) is 1. The Bertz CT molecular complexity index is 824. The fraction of sp³-hybridized carbons (Fsp3) is 0.250. The number of hydrogen-bond acceptors (Lipinski definition) is 6. The van der Waals surface area contributed by atoms with Crippen molar-refractivity contribution in [2.45, 2.75) is 19.8 Å². The Kier molecular flexibility index (Phi) is 6.06. The van der Waals surface area contributed by atoms with Crippen LogP contribution in [-0.4, -0.2) is 23.2 Å². The molecule has 1 amide bonds. The van der Waals surface area contributed by atoms with Gasteiger partial charge in [0, 0.05) is 16.0 Å². The molecule has 0 atom stereocenters. The predicted octanol–water partition coefficient (Wildman–Crippen LogP) is 3.98. The van der Waals surface area contributed by atoms with Gasteiger partial charge in [0.2, 0.25) is 5.13 Å². The van der Waals surface area contributed by atoms with Gasteiger partial charge in [-0.05, 0) is 24.3 Å². The minimum Gasteiger partial charge on any atom is -0.496 e. The first-order valence-electron chi connectivity index (χ1n) is 7.04. The van der Waals surface area contributed by atoms with Gasteiger partial charge < -0.3 is 4.74 Å². The Labute approximate surface area is 152 Å². The molecule has 1 aromatic heterocycles. The van der Waals surface area contributed by atoms with Gasteiger partial charge in [0.15, 0.2) is 0 Å². The van der Waals surface area contributed by atoms with E-state index in [-0.39, 0.29) is 11.5 Å². The first-order valence-corrected chi connectivity index (χ1v) is 8.65. The number of methoxy groups -OCH3 is 1. The molecule has 0 radical (unpaired) electrons. The summed E-state index contributed by atoms with van der Waals surface area (Å²) in [7, 11) is 1.53. The number of amides is 1. The molecule has 0 saturated carbocycles. The van der Waals surface area contributed by atoms with Crippen LogP contribution in [0.1, 0.15) is 30.3 Å². The highest BCUT2D eigenvalue weighted by molar-refractivity contribution is 9.10. The molecule has 6 nitrogen and oxygen atoms in total. The topological polar surface area (TPSA) is 87.9 Å². The number of nitrogens with one attached hydrogen (secondary N) is 1. The Balaban J connectivity index is 2.25. The summed E-state index contributed by atoms with van der Waals surface area (Å²) in [6.07, 6.45) is 1.48. The number of nitrogens with zero attached hydrogens (tertiary/aromatic N) is 3. The van der Waals surface area contributed by atoms with Crippen molar-refractivity contribution in [3.8, 4) is 11.8 Å². The van der Waals surface area contributed by atoms with E-state index in [0.717, 1.165) is 9.48 Å². The molecule has 0 spiro atoms. The van der Waals surface area contributed by atoms with Crippen LogP contribution < -0.4 is 10.1 Å². The van der Waals surface area contributed by atoms with E-state index in [0.29, 0.717) is 16.4 Å². The molecule has 24 heavy (non-hydrogen) atoms. The maximum atomic E-state index is 12.3. The number of carbonyl (C=O) groups is 1. The molecule has 1 N–H and O–H groups in total. The van der Waals surface area contributed by atoms with Crippen LogP contribution in [0.25, 0.3) is 6.08 Å². The Morgan fingerprint density at radius 1 is 1.46 bits per heavy atom. The van der Waals surface area contributed by atoms with Crippen molar-refractivity contribution in [1.29, 1.82) is 5.26 Å². The molecular weight excluding hydrogens is 392 g/mol. The second-order valence-electron chi connectivity index (χ2n) is 5.11. The summed E-state index contributed by atoms with van der Waals surface area (Å²) in [6.45, 7) is 3.98. The fourth-order valence-electron chi connectivity index (χ4n) is 1.80. The average molecular weight is 407 g/mol. The monoisotopic (exact) mass is 406 g/mol. The van der Waals surface area contributed by atoms with Gasteiger partial charge in [0.25, 0.3) is 5.91 Å².